The van der Waals surface area contributed by atoms with Crippen LogP contribution in [0.4, 0.5) is 5.82 Å². The molecule has 5 rings (SSSR count). The van der Waals surface area contributed by atoms with Crippen molar-refractivity contribution in [1.29, 1.82) is 0 Å². The highest BCUT2D eigenvalue weighted by molar-refractivity contribution is 6.35. The van der Waals surface area contributed by atoms with Crippen molar-refractivity contribution in [3.05, 3.63) is 58.0 Å². The van der Waals surface area contributed by atoms with Crippen molar-refractivity contribution in [1.82, 2.24) is 29.8 Å². The summed E-state index contributed by atoms with van der Waals surface area (Å²) in [6, 6.07) is 9.07. The van der Waals surface area contributed by atoms with Crippen LogP contribution in [0.2, 0.25) is 10.0 Å². The molecule has 0 N–H and O–H groups in total. The first-order valence-electron chi connectivity index (χ1n) is 8.93. The summed E-state index contributed by atoms with van der Waals surface area (Å²) in [6.45, 7) is 1.39. The smallest absolute Gasteiger partial charge is 0.221 e. The maximum absolute atomic E-state index is 6.15. The minimum Gasteiger partial charge on any atom is -0.481 e. The Labute approximate surface area is 176 Å². The minimum atomic E-state index is 0.528. The van der Waals surface area contributed by atoms with Crippen molar-refractivity contribution in [2.45, 2.75) is 13.0 Å². The number of benzene rings is 1. The predicted octanol–water partition coefficient (Wildman–Crippen LogP) is 3.46. The normalized spacial score (nSPS) is 13.6. The molecule has 0 spiro atoms. The zero-order valence-electron chi connectivity index (χ0n) is 15.4. The standard InChI is InChI=1S/C19H15Cl2N7O/c1-29-19-14-9-27(5-4-15(14)22-10-23-19)17-3-2-16-24-25-18(28(16)26-17)11-6-12(20)8-13(21)7-11/h2-3,6-8,10H,4-5,9H2,1H3. The Hall–Kier alpha value is -2.97. The predicted molar refractivity (Wildman–Crippen MR) is 110 cm³/mol. The number of hydrogen-bond donors (Lipinski definition) is 0. The molecule has 1 aliphatic heterocycles. The first kappa shape index (κ1) is 18.1. The Morgan fingerprint density at radius 3 is 2.66 bits per heavy atom. The average Bonchev–Trinajstić information content (AvgIpc) is 3.15. The van der Waals surface area contributed by atoms with Gasteiger partial charge in [0.2, 0.25) is 5.88 Å². The molecule has 1 aliphatic rings. The molecule has 4 aromatic rings. The Balaban J connectivity index is 1.55. The van der Waals surface area contributed by atoms with Crippen LogP contribution in [0.5, 0.6) is 5.88 Å². The van der Waals surface area contributed by atoms with Gasteiger partial charge in [0.15, 0.2) is 11.5 Å². The lowest BCUT2D eigenvalue weighted by Crippen LogP contribution is -2.32. The topological polar surface area (TPSA) is 81.3 Å². The summed E-state index contributed by atoms with van der Waals surface area (Å²) in [5.41, 5.74) is 3.37. The molecule has 1 aromatic carbocycles. The van der Waals surface area contributed by atoms with Gasteiger partial charge in [0.1, 0.15) is 12.1 Å². The second kappa shape index (κ2) is 7.13. The van der Waals surface area contributed by atoms with Crippen LogP contribution in [0.3, 0.4) is 0 Å². The lowest BCUT2D eigenvalue weighted by molar-refractivity contribution is 0.387. The van der Waals surface area contributed by atoms with E-state index in [1.54, 1.807) is 29.8 Å². The number of anilines is 1. The quantitative estimate of drug-likeness (QED) is 0.494. The third-order valence-corrected chi connectivity index (χ3v) is 5.29. The van der Waals surface area contributed by atoms with Gasteiger partial charge in [-0.2, -0.15) is 4.52 Å². The summed E-state index contributed by atoms with van der Waals surface area (Å²) in [5.74, 6) is 1.96. The van der Waals surface area contributed by atoms with E-state index in [0.29, 0.717) is 33.9 Å². The van der Waals surface area contributed by atoms with Crippen LogP contribution in [0, 0.1) is 0 Å². The number of rotatable bonds is 3. The van der Waals surface area contributed by atoms with Crippen molar-refractivity contribution in [3.8, 4) is 17.3 Å². The van der Waals surface area contributed by atoms with Crippen LogP contribution in [0.1, 0.15) is 11.3 Å². The second-order valence-electron chi connectivity index (χ2n) is 6.62. The Kier molecular flexibility index (Phi) is 4.44. The molecule has 0 saturated heterocycles. The highest BCUT2D eigenvalue weighted by Crippen LogP contribution is 2.29. The lowest BCUT2D eigenvalue weighted by atomic mass is 10.1. The fourth-order valence-electron chi connectivity index (χ4n) is 3.50. The van der Waals surface area contributed by atoms with Gasteiger partial charge in [0.25, 0.3) is 0 Å². The van der Waals surface area contributed by atoms with Gasteiger partial charge in [-0.3, -0.25) is 0 Å². The fourth-order valence-corrected chi connectivity index (χ4v) is 4.02. The zero-order valence-corrected chi connectivity index (χ0v) is 16.9. The van der Waals surface area contributed by atoms with Gasteiger partial charge in [-0.15, -0.1) is 15.3 Å². The van der Waals surface area contributed by atoms with Crippen LogP contribution in [0.25, 0.3) is 17.0 Å². The molecule has 0 radical (unpaired) electrons. The summed E-state index contributed by atoms with van der Waals surface area (Å²) >= 11 is 12.3. The van der Waals surface area contributed by atoms with Gasteiger partial charge >= 0.3 is 0 Å². The maximum atomic E-state index is 6.15. The number of aromatic nitrogens is 6. The Morgan fingerprint density at radius 2 is 1.86 bits per heavy atom. The average molecular weight is 428 g/mol. The highest BCUT2D eigenvalue weighted by atomic mass is 35.5. The number of nitrogens with zero attached hydrogens (tertiary/aromatic N) is 7. The van der Waals surface area contributed by atoms with Crippen molar-refractivity contribution < 1.29 is 4.74 Å². The number of hydrogen-bond acceptors (Lipinski definition) is 7. The molecule has 146 valence electrons. The summed E-state index contributed by atoms with van der Waals surface area (Å²) in [5, 5.41) is 14.3. The van der Waals surface area contributed by atoms with Gasteiger partial charge in [-0.1, -0.05) is 23.2 Å². The molecule has 4 heterocycles. The summed E-state index contributed by atoms with van der Waals surface area (Å²) < 4.78 is 7.11. The first-order chi connectivity index (χ1) is 14.1. The number of fused-ring (bicyclic) bond motifs is 2. The van der Waals surface area contributed by atoms with Gasteiger partial charge < -0.3 is 9.64 Å². The SMILES string of the molecule is COc1ncnc2c1CN(c1ccc3nnc(-c4cc(Cl)cc(Cl)c4)n3n1)CC2. The molecule has 29 heavy (non-hydrogen) atoms. The number of halogens is 2. The van der Waals surface area contributed by atoms with Crippen LogP contribution in [-0.2, 0) is 13.0 Å². The largest absolute Gasteiger partial charge is 0.481 e. The van der Waals surface area contributed by atoms with E-state index < -0.39 is 0 Å². The molecule has 8 nitrogen and oxygen atoms in total. The molecular formula is C19H15Cl2N7O. The van der Waals surface area contributed by atoms with Crippen LogP contribution >= 0.6 is 23.2 Å². The zero-order chi connectivity index (χ0) is 20.0. The molecular weight excluding hydrogens is 413 g/mol. The number of methoxy groups -OCH3 is 1. The van der Waals surface area contributed by atoms with E-state index in [-0.39, 0.29) is 0 Å². The lowest BCUT2D eigenvalue weighted by Gasteiger charge is -2.29. The van der Waals surface area contributed by atoms with E-state index in [1.165, 1.54) is 6.33 Å². The summed E-state index contributed by atoms with van der Waals surface area (Å²) in [7, 11) is 1.62. The van der Waals surface area contributed by atoms with E-state index in [0.717, 1.165) is 35.6 Å². The van der Waals surface area contributed by atoms with Crippen molar-refractivity contribution in [2.75, 3.05) is 18.6 Å². The van der Waals surface area contributed by atoms with E-state index in [9.17, 15) is 0 Å². The third kappa shape index (κ3) is 3.24. The van der Waals surface area contributed by atoms with E-state index in [4.69, 9.17) is 33.0 Å². The second-order valence-corrected chi connectivity index (χ2v) is 7.50. The molecule has 0 bridgehead atoms. The Bertz CT molecular complexity index is 1190. The highest BCUT2D eigenvalue weighted by Gasteiger charge is 2.23. The summed E-state index contributed by atoms with van der Waals surface area (Å²) in [6.07, 6.45) is 2.32. The molecule has 0 saturated carbocycles. The monoisotopic (exact) mass is 427 g/mol. The molecule has 0 fully saturated rings. The third-order valence-electron chi connectivity index (χ3n) is 4.85. The first-order valence-corrected chi connectivity index (χ1v) is 9.68. The van der Waals surface area contributed by atoms with Crippen molar-refractivity contribution >= 4 is 34.7 Å². The van der Waals surface area contributed by atoms with E-state index in [2.05, 4.69) is 25.1 Å². The van der Waals surface area contributed by atoms with E-state index in [1.807, 2.05) is 12.1 Å². The van der Waals surface area contributed by atoms with Gasteiger partial charge in [-0.25, -0.2) is 9.97 Å². The molecule has 10 heteroatoms. The van der Waals surface area contributed by atoms with Crippen LogP contribution in [-0.4, -0.2) is 43.4 Å². The van der Waals surface area contributed by atoms with Gasteiger partial charge in [-0.05, 0) is 30.3 Å². The molecule has 0 atom stereocenters. The minimum absolute atomic E-state index is 0.528. The van der Waals surface area contributed by atoms with Gasteiger partial charge in [0.05, 0.1) is 24.9 Å². The fraction of sp³-hybridized carbons (Fsp3) is 0.211. The van der Waals surface area contributed by atoms with Crippen LogP contribution < -0.4 is 9.64 Å². The van der Waals surface area contributed by atoms with Crippen LogP contribution in [0.15, 0.2) is 36.7 Å². The maximum Gasteiger partial charge on any atom is 0.221 e. The Morgan fingerprint density at radius 1 is 1.03 bits per heavy atom. The van der Waals surface area contributed by atoms with Crippen molar-refractivity contribution in [3.63, 3.8) is 0 Å². The molecule has 0 unspecified atom stereocenters. The number of ether oxygens (including phenoxy) is 1. The molecule has 0 amide bonds. The van der Waals surface area contributed by atoms with E-state index >= 15 is 0 Å². The van der Waals surface area contributed by atoms with Gasteiger partial charge in [0, 0.05) is 28.6 Å². The summed E-state index contributed by atoms with van der Waals surface area (Å²) in [4.78, 5) is 10.8. The van der Waals surface area contributed by atoms with Crippen molar-refractivity contribution in [2.24, 2.45) is 0 Å². The molecule has 3 aromatic heterocycles. The molecule has 0 aliphatic carbocycles.